The van der Waals surface area contributed by atoms with Crippen LogP contribution >= 0.6 is 11.6 Å². The molecule has 2 aliphatic rings. The number of nitrogens with zero attached hydrogens (tertiary/aromatic N) is 5. The van der Waals surface area contributed by atoms with Crippen LogP contribution in [0, 0.1) is 0 Å². The molecule has 3 aromatic rings. The van der Waals surface area contributed by atoms with Crippen molar-refractivity contribution in [3.63, 3.8) is 0 Å². The lowest BCUT2D eigenvalue weighted by molar-refractivity contribution is 0.0455. The van der Waals surface area contributed by atoms with Crippen LogP contribution in [0.4, 0.5) is 5.82 Å². The van der Waals surface area contributed by atoms with E-state index in [1.165, 1.54) is 19.3 Å². The summed E-state index contributed by atoms with van der Waals surface area (Å²) in [6.07, 6.45) is 7.95. The number of carbonyl (C=O) groups excluding carboxylic acids is 1. The average molecular weight is 477 g/mol. The van der Waals surface area contributed by atoms with Gasteiger partial charge >= 0.3 is 0 Å². The lowest BCUT2D eigenvalue weighted by Gasteiger charge is -2.43. The summed E-state index contributed by atoms with van der Waals surface area (Å²) in [5.74, 6) is 0.448. The molecular weight excluding hydrogens is 448 g/mol. The largest absolute Gasteiger partial charge is 0.384 e. The maximum atomic E-state index is 13.2. The van der Waals surface area contributed by atoms with Gasteiger partial charge in [0.05, 0.1) is 22.0 Å². The molecule has 1 amide bonds. The van der Waals surface area contributed by atoms with Crippen molar-refractivity contribution in [2.75, 3.05) is 31.9 Å². The van der Waals surface area contributed by atoms with Crippen molar-refractivity contribution in [2.24, 2.45) is 0 Å². The minimum absolute atomic E-state index is 0.00953. The highest BCUT2D eigenvalue weighted by molar-refractivity contribution is 6.34. The monoisotopic (exact) mass is 476 g/mol. The maximum absolute atomic E-state index is 13.2. The van der Waals surface area contributed by atoms with Gasteiger partial charge in [-0.15, -0.1) is 0 Å². The van der Waals surface area contributed by atoms with Crippen LogP contribution in [0.5, 0.6) is 0 Å². The van der Waals surface area contributed by atoms with Crippen molar-refractivity contribution in [3.8, 4) is 22.4 Å². The molecule has 0 unspecified atom stereocenters. The summed E-state index contributed by atoms with van der Waals surface area (Å²) in [6, 6.07) is 9.97. The van der Waals surface area contributed by atoms with E-state index >= 15 is 0 Å². The number of rotatable bonds is 5. The summed E-state index contributed by atoms with van der Waals surface area (Å²) < 4.78 is 0. The minimum atomic E-state index is -0.00953. The first kappa shape index (κ1) is 22.7. The van der Waals surface area contributed by atoms with Crippen LogP contribution in [0.15, 0.2) is 42.9 Å². The number of aryl methyl sites for hydroxylation is 1. The van der Waals surface area contributed by atoms with Gasteiger partial charge in [-0.3, -0.25) is 9.69 Å². The summed E-state index contributed by atoms with van der Waals surface area (Å²) >= 11 is 6.67. The van der Waals surface area contributed by atoms with Gasteiger partial charge in [0.1, 0.15) is 12.1 Å². The van der Waals surface area contributed by atoms with E-state index < -0.39 is 0 Å². The Morgan fingerprint density at radius 2 is 1.82 bits per heavy atom. The van der Waals surface area contributed by atoms with Crippen molar-refractivity contribution >= 4 is 23.3 Å². The van der Waals surface area contributed by atoms with E-state index in [0.717, 1.165) is 60.7 Å². The van der Waals surface area contributed by atoms with Crippen LogP contribution in [-0.2, 0) is 6.42 Å². The lowest BCUT2D eigenvalue weighted by atomic mass is 9.91. The van der Waals surface area contributed by atoms with Crippen molar-refractivity contribution < 1.29 is 4.79 Å². The first-order chi connectivity index (χ1) is 16.5. The van der Waals surface area contributed by atoms with Crippen LogP contribution in [0.3, 0.4) is 0 Å². The molecule has 34 heavy (non-hydrogen) atoms. The predicted octanol–water partition coefficient (Wildman–Crippen LogP) is 4.31. The highest BCUT2D eigenvalue weighted by Gasteiger charge is 2.30. The Kier molecular flexibility index (Phi) is 6.48. The Bertz CT molecular complexity index is 1190. The van der Waals surface area contributed by atoms with Crippen LogP contribution < -0.4 is 5.73 Å². The van der Waals surface area contributed by atoms with E-state index in [4.69, 9.17) is 17.3 Å². The number of hydrogen-bond acceptors (Lipinski definition) is 6. The summed E-state index contributed by atoms with van der Waals surface area (Å²) in [6.45, 7) is 5.42. The van der Waals surface area contributed by atoms with Crippen molar-refractivity contribution in [2.45, 2.75) is 38.6 Å². The fourth-order valence-electron chi connectivity index (χ4n) is 4.81. The van der Waals surface area contributed by atoms with E-state index in [9.17, 15) is 4.79 Å². The number of piperazine rings is 1. The average Bonchev–Trinajstić information content (AvgIpc) is 2.83. The first-order valence-corrected chi connectivity index (χ1v) is 12.3. The van der Waals surface area contributed by atoms with E-state index in [2.05, 4.69) is 26.8 Å². The summed E-state index contributed by atoms with van der Waals surface area (Å²) in [5, 5.41) is 0.432. The van der Waals surface area contributed by atoms with Crippen LogP contribution in [0.25, 0.3) is 22.4 Å². The Morgan fingerprint density at radius 1 is 1.06 bits per heavy atom. The van der Waals surface area contributed by atoms with Crippen molar-refractivity contribution in [1.82, 2.24) is 24.8 Å². The van der Waals surface area contributed by atoms with Gasteiger partial charge < -0.3 is 10.6 Å². The molecule has 1 aliphatic heterocycles. The smallest absolute Gasteiger partial charge is 0.255 e. The molecule has 1 aromatic carbocycles. The van der Waals surface area contributed by atoms with Gasteiger partial charge in [-0.1, -0.05) is 31.0 Å². The number of benzene rings is 1. The third kappa shape index (κ3) is 4.38. The molecule has 2 aromatic heterocycles. The minimum Gasteiger partial charge on any atom is -0.384 e. The summed E-state index contributed by atoms with van der Waals surface area (Å²) in [4.78, 5) is 30.9. The topological polar surface area (TPSA) is 88.2 Å². The Hall–Kier alpha value is -3.03. The second kappa shape index (κ2) is 9.68. The molecule has 1 aliphatic carbocycles. The van der Waals surface area contributed by atoms with Gasteiger partial charge in [-0.25, -0.2) is 15.0 Å². The fourth-order valence-corrected chi connectivity index (χ4v) is 5.08. The number of pyridine rings is 1. The number of aromatic nitrogens is 3. The number of nitrogens with two attached hydrogens (primary N) is 1. The van der Waals surface area contributed by atoms with Crippen LogP contribution in [0.2, 0.25) is 5.02 Å². The van der Waals surface area contributed by atoms with Gasteiger partial charge in [0.2, 0.25) is 0 Å². The van der Waals surface area contributed by atoms with Gasteiger partial charge in [0.15, 0.2) is 0 Å². The molecule has 1 saturated heterocycles. The zero-order valence-corrected chi connectivity index (χ0v) is 20.1. The number of hydrogen-bond donors (Lipinski definition) is 1. The number of halogens is 1. The normalized spacial score (nSPS) is 16.9. The zero-order chi connectivity index (χ0) is 23.7. The Morgan fingerprint density at radius 3 is 2.44 bits per heavy atom. The molecule has 3 heterocycles. The second-order valence-corrected chi connectivity index (χ2v) is 9.38. The molecule has 8 heteroatoms. The summed E-state index contributed by atoms with van der Waals surface area (Å²) in [7, 11) is 0. The van der Waals surface area contributed by atoms with E-state index in [1.807, 2.05) is 29.2 Å². The van der Waals surface area contributed by atoms with Gasteiger partial charge in [0.25, 0.3) is 5.91 Å². The molecule has 0 atom stereocenters. The van der Waals surface area contributed by atoms with E-state index in [0.29, 0.717) is 22.4 Å². The molecule has 2 fully saturated rings. The number of anilines is 1. The fraction of sp³-hybridized carbons (Fsp3) is 0.385. The summed E-state index contributed by atoms with van der Waals surface area (Å²) in [5.41, 5.74) is 10.6. The highest BCUT2D eigenvalue weighted by Crippen LogP contribution is 2.35. The van der Waals surface area contributed by atoms with E-state index in [1.54, 1.807) is 18.6 Å². The molecule has 0 bridgehead atoms. The van der Waals surface area contributed by atoms with Crippen molar-refractivity contribution in [3.05, 3.63) is 59.1 Å². The number of carbonyl (C=O) groups is 1. The molecule has 2 N–H and O–H groups in total. The Labute approximate surface area is 205 Å². The second-order valence-electron chi connectivity index (χ2n) is 8.98. The lowest BCUT2D eigenvalue weighted by Crippen LogP contribution is -2.53. The molecule has 0 spiro atoms. The maximum Gasteiger partial charge on any atom is 0.255 e. The standard InChI is InChI=1S/C26H29ClN6O/c1-2-22-24(18-7-9-23(28)29-15-18)25(31-16-30-22)17-6-8-20(21(27)14-17)26(34)33-12-10-32(11-13-33)19-4-3-5-19/h6-9,14-16,19H,2-5,10-13H2,1H3,(H2,28,29). The number of amides is 1. The van der Waals surface area contributed by atoms with Crippen LogP contribution in [-0.4, -0.2) is 62.9 Å². The first-order valence-electron chi connectivity index (χ1n) is 11.9. The molecular formula is C26H29ClN6O. The van der Waals surface area contributed by atoms with E-state index in [-0.39, 0.29) is 5.91 Å². The molecule has 1 saturated carbocycles. The third-order valence-electron chi connectivity index (χ3n) is 7.00. The zero-order valence-electron chi connectivity index (χ0n) is 19.4. The van der Waals surface area contributed by atoms with Gasteiger partial charge in [-0.05, 0) is 43.5 Å². The van der Waals surface area contributed by atoms with Gasteiger partial charge in [-0.2, -0.15) is 0 Å². The number of nitrogen functional groups attached to an aromatic ring is 1. The Balaban J connectivity index is 1.41. The quantitative estimate of drug-likeness (QED) is 0.590. The molecule has 176 valence electrons. The molecule has 7 nitrogen and oxygen atoms in total. The van der Waals surface area contributed by atoms with Crippen molar-refractivity contribution in [1.29, 1.82) is 0 Å². The highest BCUT2D eigenvalue weighted by atomic mass is 35.5. The molecule has 0 radical (unpaired) electrons. The van der Waals surface area contributed by atoms with Gasteiger partial charge in [0, 0.05) is 55.1 Å². The third-order valence-corrected chi connectivity index (χ3v) is 7.31. The van der Waals surface area contributed by atoms with Crippen LogP contribution in [0.1, 0.15) is 42.2 Å². The predicted molar refractivity (Wildman–Crippen MR) is 135 cm³/mol. The molecule has 5 rings (SSSR count). The SMILES string of the molecule is CCc1ncnc(-c2ccc(C(=O)N3CCN(C4CCC4)CC3)c(Cl)c2)c1-c1ccc(N)nc1.